The predicted octanol–water partition coefficient (Wildman–Crippen LogP) is 1.90. The maximum absolute atomic E-state index is 5.30. The first-order chi connectivity index (χ1) is 6.74. The number of hydrogen-bond acceptors (Lipinski definition) is 5. The van der Waals surface area contributed by atoms with Crippen molar-refractivity contribution in [2.75, 3.05) is 12.5 Å². The number of nitrogens with zero attached hydrogens (tertiary/aromatic N) is 1. The highest BCUT2D eigenvalue weighted by Gasteiger charge is 2.08. The number of anilines is 1. The minimum absolute atomic E-state index is 0.698. The fraction of sp³-hybridized carbons (Fsp3) is 0.222. The van der Waals surface area contributed by atoms with Crippen LogP contribution in [0.25, 0.3) is 10.2 Å². The summed E-state index contributed by atoms with van der Waals surface area (Å²) < 4.78 is 6.32. The summed E-state index contributed by atoms with van der Waals surface area (Å²) >= 11 is 1.51. The number of thiazole rings is 1. The van der Waals surface area contributed by atoms with Gasteiger partial charge in [0, 0.05) is 0 Å². The smallest absolute Gasteiger partial charge is 0.198 e. The van der Waals surface area contributed by atoms with Gasteiger partial charge in [-0.25, -0.2) is 10.8 Å². The largest absolute Gasteiger partial charge is 0.494 e. The SMILES string of the molecule is COc1cc(C)cc2sc(NN)nc12. The number of hydrazine groups is 1. The van der Waals surface area contributed by atoms with Crippen molar-refractivity contribution in [1.29, 1.82) is 0 Å². The van der Waals surface area contributed by atoms with Crippen molar-refractivity contribution in [2.45, 2.75) is 6.92 Å². The van der Waals surface area contributed by atoms with E-state index in [1.807, 2.05) is 13.0 Å². The van der Waals surface area contributed by atoms with Crippen LogP contribution in [0.3, 0.4) is 0 Å². The Morgan fingerprint density at radius 1 is 1.50 bits per heavy atom. The topological polar surface area (TPSA) is 60.2 Å². The van der Waals surface area contributed by atoms with E-state index in [1.165, 1.54) is 11.3 Å². The number of nitrogen functional groups attached to an aromatic ring is 1. The number of aryl methyl sites for hydroxylation is 1. The van der Waals surface area contributed by atoms with Crippen molar-refractivity contribution in [2.24, 2.45) is 5.84 Å². The van der Waals surface area contributed by atoms with Gasteiger partial charge in [0.2, 0.25) is 0 Å². The van der Waals surface area contributed by atoms with E-state index in [0.29, 0.717) is 5.13 Å². The van der Waals surface area contributed by atoms with Crippen molar-refractivity contribution < 1.29 is 4.74 Å². The van der Waals surface area contributed by atoms with Crippen molar-refractivity contribution in [1.82, 2.24) is 4.98 Å². The van der Waals surface area contributed by atoms with Crippen LogP contribution in [0, 0.1) is 6.92 Å². The van der Waals surface area contributed by atoms with Gasteiger partial charge in [-0.3, -0.25) is 5.43 Å². The number of ether oxygens (including phenoxy) is 1. The Morgan fingerprint density at radius 2 is 2.29 bits per heavy atom. The van der Waals surface area contributed by atoms with E-state index in [4.69, 9.17) is 10.6 Å². The van der Waals surface area contributed by atoms with E-state index >= 15 is 0 Å². The van der Waals surface area contributed by atoms with E-state index < -0.39 is 0 Å². The van der Waals surface area contributed by atoms with E-state index in [2.05, 4.69) is 16.5 Å². The van der Waals surface area contributed by atoms with E-state index in [1.54, 1.807) is 7.11 Å². The number of methoxy groups -OCH3 is 1. The molecule has 2 aromatic rings. The number of benzene rings is 1. The van der Waals surface area contributed by atoms with Gasteiger partial charge in [0.15, 0.2) is 5.13 Å². The Hall–Kier alpha value is -1.33. The number of fused-ring (bicyclic) bond motifs is 1. The molecule has 0 amide bonds. The molecule has 0 atom stereocenters. The van der Waals surface area contributed by atoms with Gasteiger partial charge in [0.1, 0.15) is 11.3 Å². The molecule has 14 heavy (non-hydrogen) atoms. The molecule has 1 aromatic heterocycles. The first-order valence-electron chi connectivity index (χ1n) is 4.16. The van der Waals surface area contributed by atoms with E-state index in [9.17, 15) is 0 Å². The summed E-state index contributed by atoms with van der Waals surface area (Å²) in [5.41, 5.74) is 4.55. The van der Waals surface area contributed by atoms with Gasteiger partial charge in [-0.2, -0.15) is 0 Å². The molecule has 0 unspecified atom stereocenters. The summed E-state index contributed by atoms with van der Waals surface area (Å²) in [6.07, 6.45) is 0. The number of hydrogen-bond donors (Lipinski definition) is 2. The fourth-order valence-electron chi connectivity index (χ4n) is 1.35. The monoisotopic (exact) mass is 209 g/mol. The lowest BCUT2D eigenvalue weighted by molar-refractivity contribution is 0.418. The molecule has 0 saturated carbocycles. The minimum atomic E-state index is 0.698. The fourth-order valence-corrected chi connectivity index (χ4v) is 2.24. The maximum Gasteiger partial charge on any atom is 0.198 e. The van der Waals surface area contributed by atoms with Crippen molar-refractivity contribution in [3.63, 3.8) is 0 Å². The zero-order valence-electron chi connectivity index (χ0n) is 8.00. The highest BCUT2D eigenvalue weighted by atomic mass is 32.1. The summed E-state index contributed by atoms with van der Waals surface area (Å²) in [6.45, 7) is 2.03. The molecule has 0 aliphatic carbocycles. The molecule has 0 aliphatic heterocycles. The van der Waals surface area contributed by atoms with Crippen LogP contribution in [0.5, 0.6) is 5.75 Å². The Bertz CT molecular complexity index is 466. The Morgan fingerprint density at radius 3 is 2.93 bits per heavy atom. The molecular weight excluding hydrogens is 198 g/mol. The number of nitrogens with two attached hydrogens (primary N) is 1. The lowest BCUT2D eigenvalue weighted by Gasteiger charge is -2.01. The molecule has 4 nitrogen and oxygen atoms in total. The molecule has 0 bridgehead atoms. The molecule has 2 rings (SSSR count). The predicted molar refractivity (Wildman–Crippen MR) is 58.7 cm³/mol. The molecule has 0 radical (unpaired) electrons. The second kappa shape index (κ2) is 3.43. The van der Waals surface area contributed by atoms with Gasteiger partial charge in [0.25, 0.3) is 0 Å². The molecule has 1 heterocycles. The summed E-state index contributed by atoms with van der Waals surface area (Å²) in [5.74, 6) is 6.09. The van der Waals surface area contributed by atoms with Gasteiger partial charge in [-0.05, 0) is 24.6 Å². The Kier molecular flexibility index (Phi) is 2.26. The Labute approximate surface area is 85.7 Å². The van der Waals surface area contributed by atoms with Crippen LogP contribution >= 0.6 is 11.3 Å². The van der Waals surface area contributed by atoms with Crippen molar-refractivity contribution in [3.8, 4) is 5.75 Å². The lowest BCUT2D eigenvalue weighted by atomic mass is 10.2. The van der Waals surface area contributed by atoms with Crippen molar-refractivity contribution >= 4 is 26.7 Å². The molecular formula is C9H11N3OS. The third-order valence-corrected chi connectivity index (χ3v) is 2.88. The molecule has 74 valence electrons. The molecule has 0 fully saturated rings. The van der Waals surface area contributed by atoms with Gasteiger partial charge >= 0.3 is 0 Å². The number of nitrogens with one attached hydrogen (secondary N) is 1. The highest BCUT2D eigenvalue weighted by Crippen LogP contribution is 2.32. The van der Waals surface area contributed by atoms with Crippen molar-refractivity contribution in [3.05, 3.63) is 17.7 Å². The first-order valence-corrected chi connectivity index (χ1v) is 4.98. The van der Waals surface area contributed by atoms with Crippen LogP contribution in [0.15, 0.2) is 12.1 Å². The van der Waals surface area contributed by atoms with Gasteiger partial charge in [-0.15, -0.1) is 0 Å². The molecule has 0 spiro atoms. The third-order valence-electron chi connectivity index (χ3n) is 1.95. The second-order valence-corrected chi connectivity index (χ2v) is 4.01. The summed E-state index contributed by atoms with van der Waals surface area (Å²) in [6, 6.07) is 4.03. The van der Waals surface area contributed by atoms with E-state index in [-0.39, 0.29) is 0 Å². The lowest BCUT2D eigenvalue weighted by Crippen LogP contribution is -2.05. The number of aromatic nitrogens is 1. The highest BCUT2D eigenvalue weighted by molar-refractivity contribution is 7.22. The number of rotatable bonds is 2. The summed E-state index contributed by atoms with van der Waals surface area (Å²) in [4.78, 5) is 4.30. The maximum atomic E-state index is 5.30. The molecule has 1 aromatic carbocycles. The standard InChI is InChI=1S/C9H11N3OS/c1-5-3-6(13-2)8-7(4-5)14-9(11-8)12-10/h3-4H,10H2,1-2H3,(H,11,12). The van der Waals surface area contributed by atoms with E-state index in [0.717, 1.165) is 21.5 Å². The van der Waals surface area contributed by atoms with Crippen LogP contribution in [0.1, 0.15) is 5.56 Å². The van der Waals surface area contributed by atoms with Crippen LogP contribution in [0.4, 0.5) is 5.13 Å². The van der Waals surface area contributed by atoms with Crippen LogP contribution in [0.2, 0.25) is 0 Å². The normalized spacial score (nSPS) is 10.5. The molecule has 5 heteroatoms. The van der Waals surface area contributed by atoms with Crippen LogP contribution < -0.4 is 16.0 Å². The zero-order chi connectivity index (χ0) is 10.1. The van der Waals surface area contributed by atoms with Crippen LogP contribution in [-0.4, -0.2) is 12.1 Å². The van der Waals surface area contributed by atoms with Gasteiger partial charge in [0.05, 0.1) is 11.8 Å². The molecule has 3 N–H and O–H groups in total. The summed E-state index contributed by atoms with van der Waals surface area (Å²) in [5, 5.41) is 0.698. The first kappa shape index (κ1) is 9.23. The van der Waals surface area contributed by atoms with Crippen LogP contribution in [-0.2, 0) is 0 Å². The minimum Gasteiger partial charge on any atom is -0.494 e. The average molecular weight is 209 g/mol. The zero-order valence-corrected chi connectivity index (χ0v) is 8.81. The average Bonchev–Trinajstić information content (AvgIpc) is 2.59. The quantitative estimate of drug-likeness (QED) is 0.586. The van der Waals surface area contributed by atoms with Gasteiger partial charge < -0.3 is 4.74 Å². The summed E-state index contributed by atoms with van der Waals surface area (Å²) in [7, 11) is 1.64. The second-order valence-electron chi connectivity index (χ2n) is 2.98. The third kappa shape index (κ3) is 1.40. The van der Waals surface area contributed by atoms with Gasteiger partial charge in [-0.1, -0.05) is 11.3 Å². The molecule has 0 saturated heterocycles. The Balaban J connectivity index is 2.71. The molecule has 0 aliphatic rings.